The molecule has 2 rings (SSSR count). The fourth-order valence-electron chi connectivity index (χ4n) is 1.54. The third-order valence-corrected chi connectivity index (χ3v) is 3.04. The normalized spacial score (nSPS) is 11.7. The number of ether oxygens (including phenoxy) is 1. The minimum absolute atomic E-state index is 0.242. The Labute approximate surface area is 129 Å². The first-order valence-electron chi connectivity index (χ1n) is 6.18. The predicted molar refractivity (Wildman–Crippen MR) is 77.4 cm³/mol. The lowest BCUT2D eigenvalue weighted by Crippen LogP contribution is -2.35. The standard InChI is InChI=1S/C14H13BrN2O4/c1-9(13(18)17-8-12-3-2-4-20-12)21-14(19)10-5-11(15)7-16-6-10/h2-7,9H,8H2,1H3,(H,17,18)/t9-/m0/s1. The molecule has 0 aliphatic heterocycles. The number of nitrogens with one attached hydrogen (secondary N) is 1. The first kappa shape index (κ1) is 15.2. The van der Waals surface area contributed by atoms with Crippen LogP contribution in [-0.4, -0.2) is 23.0 Å². The highest BCUT2D eigenvalue weighted by Crippen LogP contribution is 2.11. The Balaban J connectivity index is 1.86. The number of amides is 1. The number of hydrogen-bond donors (Lipinski definition) is 1. The maximum atomic E-state index is 11.9. The Morgan fingerprint density at radius 3 is 2.95 bits per heavy atom. The van der Waals surface area contributed by atoms with Crippen molar-refractivity contribution in [2.75, 3.05) is 0 Å². The zero-order chi connectivity index (χ0) is 15.2. The Hall–Kier alpha value is -2.15. The van der Waals surface area contributed by atoms with Crippen molar-refractivity contribution in [2.45, 2.75) is 19.6 Å². The number of aromatic nitrogens is 1. The predicted octanol–water partition coefficient (Wildman–Crippen LogP) is 2.30. The van der Waals surface area contributed by atoms with E-state index in [4.69, 9.17) is 9.15 Å². The van der Waals surface area contributed by atoms with Gasteiger partial charge in [0.2, 0.25) is 0 Å². The monoisotopic (exact) mass is 352 g/mol. The Morgan fingerprint density at radius 2 is 2.29 bits per heavy atom. The second kappa shape index (κ2) is 7.03. The average Bonchev–Trinajstić information content (AvgIpc) is 2.97. The van der Waals surface area contributed by atoms with Gasteiger partial charge in [0.05, 0.1) is 18.4 Å². The molecule has 2 heterocycles. The molecule has 0 fully saturated rings. The van der Waals surface area contributed by atoms with Crippen molar-refractivity contribution in [2.24, 2.45) is 0 Å². The van der Waals surface area contributed by atoms with Crippen LogP contribution >= 0.6 is 15.9 Å². The largest absolute Gasteiger partial charge is 0.467 e. The third-order valence-electron chi connectivity index (χ3n) is 2.61. The summed E-state index contributed by atoms with van der Waals surface area (Å²) in [6.45, 7) is 1.74. The summed E-state index contributed by atoms with van der Waals surface area (Å²) in [4.78, 5) is 27.5. The Kier molecular flexibility index (Phi) is 5.10. The number of halogens is 1. The molecule has 1 N–H and O–H groups in total. The number of carbonyl (C=O) groups is 2. The van der Waals surface area contributed by atoms with Crippen LogP contribution in [0.25, 0.3) is 0 Å². The van der Waals surface area contributed by atoms with Crippen LogP contribution < -0.4 is 5.32 Å². The van der Waals surface area contributed by atoms with E-state index in [1.165, 1.54) is 19.4 Å². The molecule has 1 atom stereocenters. The van der Waals surface area contributed by atoms with E-state index in [1.54, 1.807) is 24.4 Å². The van der Waals surface area contributed by atoms with E-state index in [0.29, 0.717) is 10.2 Å². The highest BCUT2D eigenvalue weighted by molar-refractivity contribution is 9.10. The summed E-state index contributed by atoms with van der Waals surface area (Å²) in [6, 6.07) is 5.04. The SMILES string of the molecule is C[C@H](OC(=O)c1cncc(Br)c1)C(=O)NCc1ccco1. The second-order valence-corrected chi connectivity index (χ2v) is 5.15. The van der Waals surface area contributed by atoms with Crippen LogP contribution in [0.3, 0.4) is 0 Å². The highest BCUT2D eigenvalue weighted by atomic mass is 79.9. The van der Waals surface area contributed by atoms with Crippen LogP contribution in [0.5, 0.6) is 0 Å². The molecule has 0 saturated heterocycles. The van der Waals surface area contributed by atoms with Crippen molar-refractivity contribution >= 4 is 27.8 Å². The number of pyridine rings is 1. The lowest BCUT2D eigenvalue weighted by Gasteiger charge is -2.12. The summed E-state index contributed by atoms with van der Waals surface area (Å²) in [6.07, 6.45) is 3.54. The Morgan fingerprint density at radius 1 is 1.48 bits per heavy atom. The molecule has 2 aromatic heterocycles. The fraction of sp³-hybridized carbons (Fsp3) is 0.214. The molecular weight excluding hydrogens is 340 g/mol. The van der Waals surface area contributed by atoms with E-state index in [2.05, 4.69) is 26.2 Å². The van der Waals surface area contributed by atoms with Gasteiger partial charge < -0.3 is 14.5 Å². The van der Waals surface area contributed by atoms with Gasteiger partial charge in [-0.3, -0.25) is 9.78 Å². The lowest BCUT2D eigenvalue weighted by molar-refractivity contribution is -0.129. The van der Waals surface area contributed by atoms with Gasteiger partial charge in [-0.05, 0) is 41.1 Å². The van der Waals surface area contributed by atoms with Gasteiger partial charge in [-0.25, -0.2) is 4.79 Å². The number of nitrogens with zero attached hydrogens (tertiary/aromatic N) is 1. The van der Waals surface area contributed by atoms with E-state index in [-0.39, 0.29) is 12.1 Å². The zero-order valence-corrected chi connectivity index (χ0v) is 12.8. The van der Waals surface area contributed by atoms with Crippen LogP contribution in [-0.2, 0) is 16.1 Å². The molecule has 0 radical (unpaired) electrons. The summed E-state index contributed by atoms with van der Waals surface area (Å²) in [5.41, 5.74) is 0.273. The first-order chi connectivity index (χ1) is 10.1. The van der Waals surface area contributed by atoms with Crippen molar-refractivity contribution in [3.63, 3.8) is 0 Å². The molecule has 0 bridgehead atoms. The number of rotatable bonds is 5. The molecule has 0 spiro atoms. The van der Waals surface area contributed by atoms with Crippen LogP contribution in [0.15, 0.2) is 45.7 Å². The van der Waals surface area contributed by atoms with Crippen LogP contribution in [0.1, 0.15) is 23.0 Å². The maximum absolute atomic E-state index is 11.9. The zero-order valence-electron chi connectivity index (χ0n) is 11.2. The van der Waals surface area contributed by atoms with Gasteiger partial charge in [-0.2, -0.15) is 0 Å². The van der Waals surface area contributed by atoms with Crippen molar-refractivity contribution in [1.29, 1.82) is 0 Å². The number of carbonyl (C=O) groups excluding carboxylic acids is 2. The highest BCUT2D eigenvalue weighted by Gasteiger charge is 2.19. The summed E-state index contributed by atoms with van der Waals surface area (Å²) < 4.78 is 10.8. The molecule has 7 heteroatoms. The molecule has 0 aromatic carbocycles. The summed E-state index contributed by atoms with van der Waals surface area (Å²) in [5, 5.41) is 2.62. The Bertz CT molecular complexity index is 628. The summed E-state index contributed by atoms with van der Waals surface area (Å²) in [5.74, 6) is -0.384. The third kappa shape index (κ3) is 4.42. The second-order valence-electron chi connectivity index (χ2n) is 4.24. The van der Waals surface area contributed by atoms with Gasteiger partial charge >= 0.3 is 5.97 Å². The van der Waals surface area contributed by atoms with E-state index < -0.39 is 18.0 Å². The maximum Gasteiger partial charge on any atom is 0.340 e. The quantitative estimate of drug-likeness (QED) is 0.835. The smallest absolute Gasteiger partial charge is 0.340 e. The van der Waals surface area contributed by atoms with Gasteiger partial charge in [0.15, 0.2) is 6.10 Å². The summed E-state index contributed by atoms with van der Waals surface area (Å²) >= 11 is 3.21. The van der Waals surface area contributed by atoms with Crippen molar-refractivity contribution in [1.82, 2.24) is 10.3 Å². The molecule has 0 aliphatic rings. The van der Waals surface area contributed by atoms with Crippen LogP contribution in [0, 0.1) is 0 Å². The van der Waals surface area contributed by atoms with E-state index in [9.17, 15) is 9.59 Å². The summed E-state index contributed by atoms with van der Waals surface area (Å²) in [7, 11) is 0. The number of esters is 1. The molecule has 1 amide bonds. The molecule has 0 aliphatic carbocycles. The van der Waals surface area contributed by atoms with Crippen molar-refractivity contribution < 1.29 is 18.7 Å². The van der Waals surface area contributed by atoms with Gasteiger partial charge in [0, 0.05) is 16.9 Å². The van der Waals surface area contributed by atoms with Crippen LogP contribution in [0.4, 0.5) is 0 Å². The minimum atomic E-state index is -0.911. The topological polar surface area (TPSA) is 81.4 Å². The van der Waals surface area contributed by atoms with Gasteiger partial charge in [-0.1, -0.05) is 0 Å². The van der Waals surface area contributed by atoms with Crippen molar-refractivity contribution in [3.8, 4) is 0 Å². The van der Waals surface area contributed by atoms with E-state index >= 15 is 0 Å². The molecule has 110 valence electrons. The molecule has 0 unspecified atom stereocenters. The first-order valence-corrected chi connectivity index (χ1v) is 6.97. The van der Waals surface area contributed by atoms with E-state index in [0.717, 1.165) is 0 Å². The molecule has 2 aromatic rings. The number of furan rings is 1. The van der Waals surface area contributed by atoms with Gasteiger partial charge in [0.25, 0.3) is 5.91 Å². The number of hydrogen-bond acceptors (Lipinski definition) is 5. The van der Waals surface area contributed by atoms with E-state index in [1.807, 2.05) is 0 Å². The van der Waals surface area contributed by atoms with Crippen LogP contribution in [0.2, 0.25) is 0 Å². The van der Waals surface area contributed by atoms with Gasteiger partial charge in [-0.15, -0.1) is 0 Å². The lowest BCUT2D eigenvalue weighted by atomic mass is 10.3. The van der Waals surface area contributed by atoms with Crippen molar-refractivity contribution in [3.05, 3.63) is 52.7 Å². The fourth-order valence-corrected chi connectivity index (χ4v) is 1.90. The minimum Gasteiger partial charge on any atom is -0.467 e. The molecule has 6 nitrogen and oxygen atoms in total. The van der Waals surface area contributed by atoms with Gasteiger partial charge in [0.1, 0.15) is 5.76 Å². The molecule has 21 heavy (non-hydrogen) atoms. The molecular formula is C14H13BrN2O4. The average molecular weight is 353 g/mol. The molecule has 0 saturated carbocycles.